The number of amides is 1. The highest BCUT2D eigenvalue weighted by molar-refractivity contribution is 9.10. The molecule has 1 fully saturated rings. The van der Waals surface area contributed by atoms with Crippen molar-refractivity contribution in [2.24, 2.45) is 0 Å². The van der Waals surface area contributed by atoms with E-state index >= 15 is 0 Å². The Balaban J connectivity index is 1.79. The standard InChI is InChI=1S/C25H22BrCl2N5O2/c1-25(2,3)24-31-30-23(35-24)20-19(22(34)29-16-9-10-16)21(13-4-6-14(26)7-5-13)33(32-20)18-11-8-15(27)12-17(18)28/h4-8,11-12,16H,9-10H2,1-3H3,(H,29,34). The summed E-state index contributed by atoms with van der Waals surface area (Å²) in [5.74, 6) is 0.357. The molecule has 1 aliphatic rings. The lowest BCUT2D eigenvalue weighted by atomic mass is 9.97. The molecule has 180 valence electrons. The van der Waals surface area contributed by atoms with Crippen LogP contribution in [0.3, 0.4) is 0 Å². The van der Waals surface area contributed by atoms with E-state index in [9.17, 15) is 4.79 Å². The second-order valence-corrected chi connectivity index (χ2v) is 11.3. The molecular formula is C25H22BrCl2N5O2. The first-order valence-electron chi connectivity index (χ1n) is 11.1. The first kappa shape index (κ1) is 24.0. The Bertz CT molecular complexity index is 1420. The molecule has 5 rings (SSSR count). The van der Waals surface area contributed by atoms with Crippen molar-refractivity contribution >= 4 is 45.0 Å². The van der Waals surface area contributed by atoms with E-state index in [-0.39, 0.29) is 28.9 Å². The summed E-state index contributed by atoms with van der Waals surface area (Å²) >= 11 is 16.2. The number of carbonyl (C=O) groups is 1. The molecule has 0 unspecified atom stereocenters. The van der Waals surface area contributed by atoms with Gasteiger partial charge in [-0.1, -0.05) is 72.0 Å². The van der Waals surface area contributed by atoms with E-state index in [1.54, 1.807) is 22.9 Å². The highest BCUT2D eigenvalue weighted by Crippen LogP contribution is 2.38. The van der Waals surface area contributed by atoms with Crippen molar-refractivity contribution in [1.29, 1.82) is 0 Å². The number of nitrogens with zero attached hydrogens (tertiary/aromatic N) is 4. The van der Waals surface area contributed by atoms with Crippen LogP contribution in [0.25, 0.3) is 28.5 Å². The maximum absolute atomic E-state index is 13.6. The summed E-state index contributed by atoms with van der Waals surface area (Å²) in [6, 6.07) is 12.9. The molecule has 1 aliphatic carbocycles. The van der Waals surface area contributed by atoms with Crippen molar-refractivity contribution in [2.45, 2.75) is 45.1 Å². The fourth-order valence-corrected chi connectivity index (χ4v) is 4.34. The van der Waals surface area contributed by atoms with Gasteiger partial charge in [-0.3, -0.25) is 4.79 Å². The van der Waals surface area contributed by atoms with Gasteiger partial charge in [0.2, 0.25) is 5.89 Å². The number of hydrogen-bond acceptors (Lipinski definition) is 5. The second-order valence-electron chi connectivity index (χ2n) is 9.50. The monoisotopic (exact) mass is 573 g/mol. The maximum atomic E-state index is 13.6. The van der Waals surface area contributed by atoms with Crippen LogP contribution in [0.2, 0.25) is 10.0 Å². The zero-order valence-corrected chi connectivity index (χ0v) is 22.4. The minimum Gasteiger partial charge on any atom is -0.419 e. The van der Waals surface area contributed by atoms with Gasteiger partial charge < -0.3 is 9.73 Å². The zero-order valence-electron chi connectivity index (χ0n) is 19.3. The zero-order chi connectivity index (χ0) is 24.9. The van der Waals surface area contributed by atoms with E-state index in [1.165, 1.54) is 0 Å². The molecule has 1 saturated carbocycles. The van der Waals surface area contributed by atoms with Crippen LogP contribution in [0, 0.1) is 0 Å². The lowest BCUT2D eigenvalue weighted by molar-refractivity contribution is 0.0952. The lowest BCUT2D eigenvalue weighted by Gasteiger charge is -2.12. The van der Waals surface area contributed by atoms with Crippen LogP contribution in [0.15, 0.2) is 51.4 Å². The average Bonchev–Trinajstić information content (AvgIpc) is 3.31. The normalized spacial score (nSPS) is 13.8. The van der Waals surface area contributed by atoms with E-state index < -0.39 is 0 Å². The van der Waals surface area contributed by atoms with Gasteiger partial charge in [-0.05, 0) is 43.2 Å². The number of nitrogens with one attached hydrogen (secondary N) is 1. The number of aromatic nitrogens is 4. The number of carbonyl (C=O) groups excluding carboxylic acids is 1. The van der Waals surface area contributed by atoms with Crippen molar-refractivity contribution < 1.29 is 9.21 Å². The summed E-state index contributed by atoms with van der Waals surface area (Å²) in [5, 5.41) is 17.2. The average molecular weight is 575 g/mol. The van der Waals surface area contributed by atoms with E-state index in [4.69, 9.17) is 32.7 Å². The summed E-state index contributed by atoms with van der Waals surface area (Å²) in [6.45, 7) is 5.93. The largest absolute Gasteiger partial charge is 0.419 e. The third-order valence-corrected chi connectivity index (χ3v) is 6.62. The lowest BCUT2D eigenvalue weighted by Crippen LogP contribution is -2.26. The molecule has 0 spiro atoms. The minimum atomic E-state index is -0.363. The number of benzene rings is 2. The Morgan fingerprint density at radius 2 is 1.83 bits per heavy atom. The van der Waals surface area contributed by atoms with E-state index in [0.717, 1.165) is 22.9 Å². The summed E-state index contributed by atoms with van der Waals surface area (Å²) < 4.78 is 8.56. The fourth-order valence-electron chi connectivity index (χ4n) is 3.59. The smallest absolute Gasteiger partial charge is 0.269 e. The van der Waals surface area contributed by atoms with E-state index in [0.29, 0.717) is 32.9 Å². The number of halogens is 3. The van der Waals surface area contributed by atoms with Crippen molar-refractivity contribution in [1.82, 2.24) is 25.3 Å². The Kier molecular flexibility index (Phi) is 6.23. The second kappa shape index (κ2) is 9.08. The van der Waals surface area contributed by atoms with Crippen LogP contribution >= 0.6 is 39.1 Å². The highest BCUT2D eigenvalue weighted by atomic mass is 79.9. The molecule has 4 aromatic rings. The van der Waals surface area contributed by atoms with Gasteiger partial charge in [-0.2, -0.15) is 5.10 Å². The minimum absolute atomic E-state index is 0.142. The van der Waals surface area contributed by atoms with E-state index in [2.05, 4.69) is 31.4 Å². The molecular weight excluding hydrogens is 553 g/mol. The number of hydrogen-bond donors (Lipinski definition) is 1. The predicted octanol–water partition coefficient (Wildman–Crippen LogP) is 6.85. The van der Waals surface area contributed by atoms with Gasteiger partial charge in [-0.25, -0.2) is 4.68 Å². The Morgan fingerprint density at radius 1 is 1.11 bits per heavy atom. The molecule has 0 bridgehead atoms. The van der Waals surface area contributed by atoms with Crippen LogP contribution in [0.4, 0.5) is 0 Å². The van der Waals surface area contributed by atoms with Gasteiger partial charge in [0, 0.05) is 26.5 Å². The first-order valence-corrected chi connectivity index (χ1v) is 12.7. The molecule has 0 radical (unpaired) electrons. The van der Waals surface area contributed by atoms with Gasteiger partial charge >= 0.3 is 0 Å². The molecule has 2 aromatic carbocycles. The summed E-state index contributed by atoms with van der Waals surface area (Å²) in [5.41, 5.74) is 2.17. The van der Waals surface area contributed by atoms with Crippen molar-refractivity contribution in [2.75, 3.05) is 0 Å². The molecule has 2 aromatic heterocycles. The fraction of sp³-hybridized carbons (Fsp3) is 0.280. The molecule has 1 amide bonds. The van der Waals surface area contributed by atoms with Gasteiger partial charge in [0.15, 0.2) is 5.69 Å². The molecule has 0 atom stereocenters. The summed E-state index contributed by atoms with van der Waals surface area (Å²) in [6.07, 6.45) is 1.89. The predicted molar refractivity (Wildman–Crippen MR) is 139 cm³/mol. The molecule has 0 saturated heterocycles. The summed E-state index contributed by atoms with van der Waals surface area (Å²) in [7, 11) is 0. The Labute approximate surface area is 221 Å². The molecule has 10 heteroatoms. The highest BCUT2D eigenvalue weighted by Gasteiger charge is 2.34. The molecule has 0 aliphatic heterocycles. The topological polar surface area (TPSA) is 85.8 Å². The quantitative estimate of drug-likeness (QED) is 0.282. The van der Waals surface area contributed by atoms with Crippen LogP contribution in [0.5, 0.6) is 0 Å². The molecule has 35 heavy (non-hydrogen) atoms. The maximum Gasteiger partial charge on any atom is 0.269 e. The van der Waals surface area contributed by atoms with Crippen LogP contribution in [-0.2, 0) is 5.41 Å². The van der Waals surface area contributed by atoms with Gasteiger partial charge in [-0.15, -0.1) is 10.2 Å². The molecule has 7 nitrogen and oxygen atoms in total. The third-order valence-electron chi connectivity index (χ3n) is 5.55. The van der Waals surface area contributed by atoms with Crippen LogP contribution in [0.1, 0.15) is 49.9 Å². The van der Waals surface area contributed by atoms with Crippen molar-refractivity contribution in [3.63, 3.8) is 0 Å². The van der Waals surface area contributed by atoms with Crippen molar-refractivity contribution in [3.05, 3.63) is 68.4 Å². The van der Waals surface area contributed by atoms with Gasteiger partial charge in [0.05, 0.1) is 22.0 Å². The van der Waals surface area contributed by atoms with Gasteiger partial charge in [0.25, 0.3) is 11.8 Å². The Hall–Kier alpha value is -2.68. The van der Waals surface area contributed by atoms with Crippen LogP contribution < -0.4 is 5.32 Å². The molecule has 1 N–H and O–H groups in total. The Morgan fingerprint density at radius 3 is 2.43 bits per heavy atom. The van der Waals surface area contributed by atoms with E-state index in [1.807, 2.05) is 45.0 Å². The van der Waals surface area contributed by atoms with Gasteiger partial charge in [0.1, 0.15) is 0 Å². The molecule has 2 heterocycles. The third kappa shape index (κ3) is 4.87. The summed E-state index contributed by atoms with van der Waals surface area (Å²) in [4.78, 5) is 13.6. The van der Waals surface area contributed by atoms with Crippen LogP contribution in [-0.4, -0.2) is 31.9 Å². The SMILES string of the molecule is CC(C)(C)c1nnc(-c2nn(-c3ccc(Cl)cc3Cl)c(-c3ccc(Br)cc3)c2C(=O)NC2CC2)o1. The van der Waals surface area contributed by atoms with Crippen molar-refractivity contribution in [3.8, 4) is 28.5 Å². The number of rotatable bonds is 5. The first-order chi connectivity index (χ1) is 16.6.